The summed E-state index contributed by atoms with van der Waals surface area (Å²) in [7, 11) is 0. The second kappa shape index (κ2) is 8.27. The van der Waals surface area contributed by atoms with E-state index in [9.17, 15) is 4.79 Å². The second-order valence-electron chi connectivity index (χ2n) is 3.88. The molecule has 15 heavy (non-hydrogen) atoms. The molecule has 0 radical (unpaired) electrons. The lowest BCUT2D eigenvalue weighted by Gasteiger charge is -2.18. The molecule has 1 unspecified atom stereocenters. The van der Waals surface area contributed by atoms with Crippen molar-refractivity contribution in [1.82, 2.24) is 0 Å². The average Bonchev–Trinajstić information content (AvgIpc) is 2.18. The van der Waals surface area contributed by atoms with E-state index in [4.69, 9.17) is 4.74 Å². The summed E-state index contributed by atoms with van der Waals surface area (Å²) in [6, 6.07) is 0. The molecule has 0 amide bonds. The van der Waals surface area contributed by atoms with Crippen LogP contribution in [0.2, 0.25) is 0 Å². The normalized spacial score (nSPS) is 14.0. The molecule has 0 aliphatic rings. The number of hydrogen-bond donors (Lipinski definition) is 0. The van der Waals surface area contributed by atoms with Crippen molar-refractivity contribution in [2.45, 2.75) is 45.6 Å². The summed E-state index contributed by atoms with van der Waals surface area (Å²) in [5, 5.41) is 0. The number of carbonyl (C=O) groups is 1. The molecule has 2 nitrogen and oxygen atoms in total. The van der Waals surface area contributed by atoms with Crippen LogP contribution in [0.3, 0.4) is 0 Å². The molecule has 0 aromatic heterocycles. The predicted octanol–water partition coefficient (Wildman–Crippen LogP) is 3.49. The van der Waals surface area contributed by atoms with Crippen molar-refractivity contribution in [3.8, 4) is 0 Å². The van der Waals surface area contributed by atoms with Crippen molar-refractivity contribution in [3.63, 3.8) is 0 Å². The highest BCUT2D eigenvalue weighted by atomic mass is 16.5. The molecule has 0 saturated carbocycles. The van der Waals surface area contributed by atoms with E-state index in [1.165, 1.54) is 0 Å². The number of unbranched alkanes of at least 4 members (excludes halogenated alkanes) is 1. The SMILES string of the molecule is C=CCCCC(=O)OC(C)[C@@H](C)CC=C. The van der Waals surface area contributed by atoms with Crippen LogP contribution >= 0.6 is 0 Å². The molecule has 2 heteroatoms. The monoisotopic (exact) mass is 210 g/mol. The molecule has 0 fully saturated rings. The van der Waals surface area contributed by atoms with Crippen LogP contribution in [0, 0.1) is 5.92 Å². The number of carbonyl (C=O) groups excluding carboxylic acids is 1. The summed E-state index contributed by atoms with van der Waals surface area (Å²) in [4.78, 5) is 11.4. The number of esters is 1. The first-order valence-electron chi connectivity index (χ1n) is 5.53. The molecule has 0 aromatic rings. The van der Waals surface area contributed by atoms with Crippen LogP contribution in [0.1, 0.15) is 39.5 Å². The van der Waals surface area contributed by atoms with Crippen molar-refractivity contribution >= 4 is 5.97 Å². The number of rotatable bonds is 8. The molecule has 0 aromatic carbocycles. The van der Waals surface area contributed by atoms with Gasteiger partial charge in [0.2, 0.25) is 0 Å². The van der Waals surface area contributed by atoms with Gasteiger partial charge in [0.1, 0.15) is 6.10 Å². The van der Waals surface area contributed by atoms with Gasteiger partial charge in [-0.25, -0.2) is 0 Å². The Labute approximate surface area is 93.0 Å². The quantitative estimate of drug-likeness (QED) is 0.348. The van der Waals surface area contributed by atoms with Crippen LogP contribution in [-0.2, 0) is 9.53 Å². The third-order valence-electron chi connectivity index (χ3n) is 2.45. The summed E-state index contributed by atoms with van der Waals surface area (Å²) in [6.45, 7) is 11.3. The van der Waals surface area contributed by atoms with E-state index >= 15 is 0 Å². The van der Waals surface area contributed by atoms with Crippen molar-refractivity contribution in [1.29, 1.82) is 0 Å². The summed E-state index contributed by atoms with van der Waals surface area (Å²) in [6.07, 6.45) is 6.69. The largest absolute Gasteiger partial charge is 0.462 e. The van der Waals surface area contributed by atoms with Gasteiger partial charge in [0.15, 0.2) is 0 Å². The summed E-state index contributed by atoms with van der Waals surface area (Å²) in [5.74, 6) is 0.228. The van der Waals surface area contributed by atoms with Gasteiger partial charge in [-0.3, -0.25) is 4.79 Å². The topological polar surface area (TPSA) is 26.3 Å². The zero-order valence-corrected chi connectivity index (χ0v) is 9.87. The molecular weight excluding hydrogens is 188 g/mol. The lowest BCUT2D eigenvalue weighted by Crippen LogP contribution is -2.21. The highest BCUT2D eigenvalue weighted by molar-refractivity contribution is 5.69. The van der Waals surface area contributed by atoms with Gasteiger partial charge in [0.05, 0.1) is 0 Å². The fourth-order valence-electron chi connectivity index (χ4n) is 1.23. The minimum Gasteiger partial charge on any atom is -0.462 e. The van der Waals surface area contributed by atoms with E-state index in [0.717, 1.165) is 19.3 Å². The molecule has 86 valence electrons. The summed E-state index contributed by atoms with van der Waals surface area (Å²) in [5.41, 5.74) is 0. The van der Waals surface area contributed by atoms with Gasteiger partial charge >= 0.3 is 5.97 Å². The smallest absolute Gasteiger partial charge is 0.306 e. The van der Waals surface area contributed by atoms with E-state index in [1.807, 2.05) is 19.1 Å². The maximum absolute atomic E-state index is 11.4. The van der Waals surface area contributed by atoms with E-state index in [1.54, 1.807) is 0 Å². The molecule has 0 bridgehead atoms. The van der Waals surface area contributed by atoms with E-state index in [-0.39, 0.29) is 12.1 Å². The fourth-order valence-corrected chi connectivity index (χ4v) is 1.23. The second-order valence-corrected chi connectivity index (χ2v) is 3.88. The molecule has 0 heterocycles. The fraction of sp³-hybridized carbons (Fsp3) is 0.615. The lowest BCUT2D eigenvalue weighted by atomic mass is 10.0. The Bertz CT molecular complexity index is 209. The van der Waals surface area contributed by atoms with E-state index < -0.39 is 0 Å². The van der Waals surface area contributed by atoms with Crippen molar-refractivity contribution in [3.05, 3.63) is 25.3 Å². The minimum atomic E-state index is -0.111. The Morgan fingerprint density at radius 1 is 1.33 bits per heavy atom. The van der Waals surface area contributed by atoms with Crippen molar-refractivity contribution in [2.75, 3.05) is 0 Å². The Morgan fingerprint density at radius 3 is 2.53 bits per heavy atom. The minimum absolute atomic E-state index is 0.0285. The molecule has 0 saturated heterocycles. The molecule has 0 N–H and O–H groups in total. The lowest BCUT2D eigenvalue weighted by molar-refractivity contribution is -0.150. The Kier molecular flexibility index (Phi) is 7.69. The average molecular weight is 210 g/mol. The van der Waals surface area contributed by atoms with Crippen molar-refractivity contribution in [2.24, 2.45) is 5.92 Å². The van der Waals surface area contributed by atoms with Gasteiger partial charge in [-0.1, -0.05) is 19.1 Å². The van der Waals surface area contributed by atoms with Crippen LogP contribution in [0.4, 0.5) is 0 Å². The number of ether oxygens (including phenoxy) is 1. The van der Waals surface area contributed by atoms with Crippen LogP contribution in [-0.4, -0.2) is 12.1 Å². The van der Waals surface area contributed by atoms with Crippen molar-refractivity contribution < 1.29 is 9.53 Å². The zero-order chi connectivity index (χ0) is 11.7. The third-order valence-corrected chi connectivity index (χ3v) is 2.45. The van der Waals surface area contributed by atoms with Gasteiger partial charge in [-0.2, -0.15) is 0 Å². The molecular formula is C13H22O2. The van der Waals surface area contributed by atoms with E-state index in [0.29, 0.717) is 12.3 Å². The first kappa shape index (κ1) is 13.9. The first-order valence-corrected chi connectivity index (χ1v) is 5.53. The maximum atomic E-state index is 11.4. The zero-order valence-electron chi connectivity index (χ0n) is 9.87. The third kappa shape index (κ3) is 6.95. The molecule has 0 aliphatic heterocycles. The van der Waals surface area contributed by atoms with Crippen LogP contribution in [0.25, 0.3) is 0 Å². The Balaban J connectivity index is 3.74. The highest BCUT2D eigenvalue weighted by Crippen LogP contribution is 2.13. The summed E-state index contributed by atoms with van der Waals surface area (Å²) < 4.78 is 5.29. The van der Waals surface area contributed by atoms with Gasteiger partial charge in [-0.05, 0) is 32.1 Å². The number of hydrogen-bond acceptors (Lipinski definition) is 2. The van der Waals surface area contributed by atoms with Gasteiger partial charge < -0.3 is 4.74 Å². The van der Waals surface area contributed by atoms with Gasteiger partial charge in [0.25, 0.3) is 0 Å². The maximum Gasteiger partial charge on any atom is 0.306 e. The van der Waals surface area contributed by atoms with Crippen LogP contribution < -0.4 is 0 Å². The molecule has 0 rings (SSSR count). The Morgan fingerprint density at radius 2 is 2.00 bits per heavy atom. The molecule has 0 aliphatic carbocycles. The highest BCUT2D eigenvalue weighted by Gasteiger charge is 2.14. The van der Waals surface area contributed by atoms with Crippen LogP contribution in [0.5, 0.6) is 0 Å². The van der Waals surface area contributed by atoms with Gasteiger partial charge in [0, 0.05) is 6.42 Å². The number of allylic oxidation sites excluding steroid dienone is 2. The Hall–Kier alpha value is -1.05. The standard InChI is InChI=1S/C13H22O2/c1-5-7-8-10-13(14)15-12(4)11(3)9-6-2/h5-6,11-12H,1-2,7-10H2,3-4H3/t11-,12?/m0/s1. The van der Waals surface area contributed by atoms with E-state index in [2.05, 4.69) is 20.1 Å². The van der Waals surface area contributed by atoms with Gasteiger partial charge in [-0.15, -0.1) is 13.2 Å². The molecule has 2 atom stereocenters. The molecule has 0 spiro atoms. The predicted molar refractivity (Wildman–Crippen MR) is 63.6 cm³/mol. The van der Waals surface area contributed by atoms with Crippen LogP contribution in [0.15, 0.2) is 25.3 Å². The first-order chi connectivity index (χ1) is 7.11. The summed E-state index contributed by atoms with van der Waals surface area (Å²) >= 11 is 0.